The fourth-order valence-electron chi connectivity index (χ4n) is 1.82. The van der Waals surface area contributed by atoms with Gasteiger partial charge in [-0.25, -0.2) is 4.39 Å². The third-order valence-corrected chi connectivity index (χ3v) is 2.85. The lowest BCUT2D eigenvalue weighted by molar-refractivity contribution is 0.0943. The number of para-hydroxylation sites is 1. The maximum absolute atomic E-state index is 13.7. The van der Waals surface area contributed by atoms with Crippen LogP contribution >= 0.6 is 0 Å². The second-order valence-corrected chi connectivity index (χ2v) is 4.13. The number of halogens is 1. The zero-order chi connectivity index (χ0) is 14.5. The van der Waals surface area contributed by atoms with Gasteiger partial charge in [-0.15, -0.1) is 0 Å². The van der Waals surface area contributed by atoms with Crippen LogP contribution in [0.25, 0.3) is 0 Å². The van der Waals surface area contributed by atoms with Crippen LogP contribution in [0, 0.1) is 5.82 Å². The summed E-state index contributed by atoms with van der Waals surface area (Å²) in [5.74, 6) is -1.00. The number of hydrogen-bond donors (Lipinski definition) is 2. The number of methoxy groups -OCH3 is 1. The molecular weight excluding hydrogens is 261 g/mol. The van der Waals surface area contributed by atoms with Gasteiger partial charge in [0.2, 0.25) is 0 Å². The molecule has 2 aromatic rings. The largest absolute Gasteiger partial charge is 0.508 e. The van der Waals surface area contributed by atoms with Crippen molar-refractivity contribution in [3.8, 4) is 11.5 Å². The van der Waals surface area contributed by atoms with Crippen LogP contribution in [0.1, 0.15) is 15.9 Å². The summed E-state index contributed by atoms with van der Waals surface area (Å²) in [6.07, 6.45) is 0. The molecule has 0 aliphatic heterocycles. The SMILES string of the molecule is COc1cccc(F)c1C(=O)NCc1ccccc1O. The van der Waals surface area contributed by atoms with Crippen molar-refractivity contribution in [3.63, 3.8) is 0 Å². The number of aromatic hydroxyl groups is 1. The molecule has 2 aromatic carbocycles. The number of rotatable bonds is 4. The Labute approximate surface area is 115 Å². The Bertz CT molecular complexity index is 628. The van der Waals surface area contributed by atoms with Crippen molar-refractivity contribution in [2.45, 2.75) is 6.54 Å². The highest BCUT2D eigenvalue weighted by Gasteiger charge is 2.17. The van der Waals surface area contributed by atoms with Gasteiger partial charge in [-0.1, -0.05) is 24.3 Å². The number of amides is 1. The monoisotopic (exact) mass is 275 g/mol. The van der Waals surface area contributed by atoms with Gasteiger partial charge in [-0.2, -0.15) is 0 Å². The summed E-state index contributed by atoms with van der Waals surface area (Å²) in [4.78, 5) is 12.0. The summed E-state index contributed by atoms with van der Waals surface area (Å²) in [6.45, 7) is 0.100. The van der Waals surface area contributed by atoms with E-state index >= 15 is 0 Å². The van der Waals surface area contributed by atoms with Gasteiger partial charge >= 0.3 is 0 Å². The predicted molar refractivity (Wildman–Crippen MR) is 72.2 cm³/mol. The summed E-state index contributed by atoms with van der Waals surface area (Å²) < 4.78 is 18.7. The molecule has 0 spiro atoms. The van der Waals surface area contributed by atoms with Gasteiger partial charge in [0.25, 0.3) is 5.91 Å². The maximum Gasteiger partial charge on any atom is 0.258 e. The molecule has 0 bridgehead atoms. The molecule has 0 aliphatic rings. The molecule has 0 atom stereocenters. The molecular formula is C15H14FNO3. The first-order chi connectivity index (χ1) is 9.63. The lowest BCUT2D eigenvalue weighted by Gasteiger charge is -2.10. The molecule has 2 N–H and O–H groups in total. The number of phenols is 1. The summed E-state index contributed by atoms with van der Waals surface area (Å²) in [6, 6.07) is 10.8. The fraction of sp³-hybridized carbons (Fsp3) is 0.133. The van der Waals surface area contributed by atoms with Crippen molar-refractivity contribution in [3.05, 3.63) is 59.4 Å². The Morgan fingerprint density at radius 2 is 2.00 bits per heavy atom. The lowest BCUT2D eigenvalue weighted by atomic mass is 10.1. The third kappa shape index (κ3) is 2.88. The smallest absolute Gasteiger partial charge is 0.258 e. The van der Waals surface area contributed by atoms with Crippen molar-refractivity contribution >= 4 is 5.91 Å². The van der Waals surface area contributed by atoms with Crippen LogP contribution in [0.15, 0.2) is 42.5 Å². The first-order valence-corrected chi connectivity index (χ1v) is 6.01. The van der Waals surface area contributed by atoms with Crippen LogP contribution in [0.3, 0.4) is 0 Å². The van der Waals surface area contributed by atoms with Crippen molar-refractivity contribution in [2.75, 3.05) is 7.11 Å². The van der Waals surface area contributed by atoms with E-state index in [0.29, 0.717) is 5.56 Å². The molecule has 0 unspecified atom stereocenters. The summed E-state index contributed by atoms with van der Waals surface area (Å²) in [5.41, 5.74) is 0.404. The Hall–Kier alpha value is -2.56. The predicted octanol–water partition coefficient (Wildman–Crippen LogP) is 2.47. The fourth-order valence-corrected chi connectivity index (χ4v) is 1.82. The van der Waals surface area contributed by atoms with E-state index in [0.717, 1.165) is 0 Å². The number of ether oxygens (including phenoxy) is 1. The molecule has 0 radical (unpaired) electrons. The van der Waals surface area contributed by atoms with Crippen LogP contribution in [-0.2, 0) is 6.54 Å². The van der Waals surface area contributed by atoms with Gasteiger partial charge in [0.05, 0.1) is 7.11 Å². The average Bonchev–Trinajstić information content (AvgIpc) is 2.45. The molecule has 4 nitrogen and oxygen atoms in total. The van der Waals surface area contributed by atoms with E-state index in [1.807, 2.05) is 0 Å². The first-order valence-electron chi connectivity index (χ1n) is 6.01. The number of nitrogens with one attached hydrogen (secondary N) is 1. The zero-order valence-electron chi connectivity index (χ0n) is 10.9. The van der Waals surface area contributed by atoms with E-state index in [1.165, 1.54) is 31.4 Å². The van der Waals surface area contributed by atoms with Gasteiger partial charge < -0.3 is 15.2 Å². The van der Waals surface area contributed by atoms with Crippen molar-refractivity contribution in [1.82, 2.24) is 5.32 Å². The van der Waals surface area contributed by atoms with E-state index in [4.69, 9.17) is 4.74 Å². The van der Waals surface area contributed by atoms with Gasteiger partial charge in [0, 0.05) is 12.1 Å². The highest BCUT2D eigenvalue weighted by Crippen LogP contribution is 2.21. The lowest BCUT2D eigenvalue weighted by Crippen LogP contribution is -2.24. The van der Waals surface area contributed by atoms with Crippen LogP contribution in [0.5, 0.6) is 11.5 Å². The Kier molecular flexibility index (Phi) is 4.20. The number of phenolic OH excluding ortho intramolecular Hbond substituents is 1. The molecule has 0 fully saturated rings. The molecule has 0 saturated heterocycles. The van der Waals surface area contributed by atoms with Gasteiger partial charge in [-0.05, 0) is 18.2 Å². The zero-order valence-corrected chi connectivity index (χ0v) is 10.9. The van der Waals surface area contributed by atoms with E-state index in [1.54, 1.807) is 18.2 Å². The first kappa shape index (κ1) is 13.9. The number of benzene rings is 2. The van der Waals surface area contributed by atoms with E-state index in [2.05, 4.69) is 5.32 Å². The van der Waals surface area contributed by atoms with E-state index < -0.39 is 11.7 Å². The summed E-state index contributed by atoms with van der Waals surface area (Å²) in [7, 11) is 1.37. The average molecular weight is 275 g/mol. The summed E-state index contributed by atoms with van der Waals surface area (Å²) in [5, 5.41) is 12.2. The van der Waals surface area contributed by atoms with Gasteiger partial charge in [0.1, 0.15) is 22.9 Å². The summed E-state index contributed by atoms with van der Waals surface area (Å²) >= 11 is 0. The molecule has 0 heterocycles. The number of hydrogen-bond acceptors (Lipinski definition) is 3. The van der Waals surface area contributed by atoms with Crippen LogP contribution in [0.2, 0.25) is 0 Å². The Balaban J connectivity index is 2.15. The van der Waals surface area contributed by atoms with Gasteiger partial charge in [0.15, 0.2) is 0 Å². The van der Waals surface area contributed by atoms with Crippen molar-refractivity contribution in [1.29, 1.82) is 0 Å². The molecule has 20 heavy (non-hydrogen) atoms. The van der Waals surface area contributed by atoms with E-state index in [-0.39, 0.29) is 23.6 Å². The number of carbonyl (C=O) groups excluding carboxylic acids is 1. The van der Waals surface area contributed by atoms with E-state index in [9.17, 15) is 14.3 Å². The third-order valence-electron chi connectivity index (χ3n) is 2.85. The second kappa shape index (κ2) is 6.06. The topological polar surface area (TPSA) is 58.6 Å². The molecule has 0 saturated carbocycles. The second-order valence-electron chi connectivity index (χ2n) is 4.13. The highest BCUT2D eigenvalue weighted by molar-refractivity contribution is 5.97. The molecule has 5 heteroatoms. The molecule has 0 aliphatic carbocycles. The number of carbonyl (C=O) groups is 1. The molecule has 2 rings (SSSR count). The minimum Gasteiger partial charge on any atom is -0.508 e. The van der Waals surface area contributed by atoms with Crippen LogP contribution < -0.4 is 10.1 Å². The Morgan fingerprint density at radius 1 is 1.25 bits per heavy atom. The quantitative estimate of drug-likeness (QED) is 0.901. The normalized spacial score (nSPS) is 10.1. The Morgan fingerprint density at radius 3 is 2.70 bits per heavy atom. The minimum absolute atomic E-state index is 0.0771. The van der Waals surface area contributed by atoms with Crippen LogP contribution in [0.4, 0.5) is 4.39 Å². The maximum atomic E-state index is 13.7. The van der Waals surface area contributed by atoms with Crippen molar-refractivity contribution in [2.24, 2.45) is 0 Å². The molecule has 104 valence electrons. The van der Waals surface area contributed by atoms with Crippen molar-refractivity contribution < 1.29 is 19.0 Å². The minimum atomic E-state index is -0.654. The standard InChI is InChI=1S/C15H14FNO3/c1-20-13-8-4-6-11(16)14(13)15(19)17-9-10-5-2-3-7-12(10)18/h2-8,18H,9H2,1H3,(H,17,19). The van der Waals surface area contributed by atoms with Crippen LogP contribution in [-0.4, -0.2) is 18.1 Å². The molecule has 1 amide bonds. The highest BCUT2D eigenvalue weighted by atomic mass is 19.1. The van der Waals surface area contributed by atoms with Gasteiger partial charge in [-0.3, -0.25) is 4.79 Å². The molecule has 0 aromatic heterocycles.